The molecular weight excluding hydrogens is 228 g/mol. The number of hydrogen-bond donors (Lipinski definition) is 1. The number of esters is 1. The Bertz CT molecular complexity index is 376. The van der Waals surface area contributed by atoms with Crippen LogP contribution in [0.1, 0.15) is 13.8 Å². The van der Waals surface area contributed by atoms with Crippen LogP contribution < -0.4 is 5.32 Å². The maximum absolute atomic E-state index is 13.2. The van der Waals surface area contributed by atoms with Gasteiger partial charge in [0.25, 0.3) is 0 Å². The first-order valence-corrected chi connectivity index (χ1v) is 5.40. The minimum absolute atomic E-state index is 0.122. The summed E-state index contributed by atoms with van der Waals surface area (Å²) in [6.07, 6.45) is 0. The van der Waals surface area contributed by atoms with E-state index in [2.05, 4.69) is 5.32 Å². The minimum atomic E-state index is -0.680. The second-order valence-electron chi connectivity index (χ2n) is 3.63. The summed E-state index contributed by atoms with van der Waals surface area (Å²) in [7, 11) is 0. The lowest BCUT2D eigenvalue weighted by Gasteiger charge is -2.13. The van der Waals surface area contributed by atoms with Gasteiger partial charge in [0.1, 0.15) is 17.3 Å². The molecule has 3 nitrogen and oxygen atoms in total. The fraction of sp³-hybridized carbons (Fsp3) is 0.417. The molecule has 17 heavy (non-hydrogen) atoms. The Kier molecular flexibility index (Phi) is 4.87. The van der Waals surface area contributed by atoms with Crippen LogP contribution in [0.4, 0.5) is 14.5 Å². The molecule has 94 valence electrons. The molecule has 0 aliphatic heterocycles. The fourth-order valence-electron chi connectivity index (χ4n) is 1.29. The van der Waals surface area contributed by atoms with Gasteiger partial charge in [0.2, 0.25) is 0 Å². The molecule has 1 atom stereocenters. The van der Waals surface area contributed by atoms with Crippen LogP contribution in [0, 0.1) is 17.6 Å². The lowest BCUT2D eigenvalue weighted by molar-refractivity contribution is -0.146. The number of carbonyl (C=O) groups excluding carboxylic acids is 1. The van der Waals surface area contributed by atoms with E-state index in [4.69, 9.17) is 4.74 Å². The van der Waals surface area contributed by atoms with Crippen molar-refractivity contribution in [2.75, 3.05) is 18.5 Å². The smallest absolute Gasteiger partial charge is 0.310 e. The van der Waals surface area contributed by atoms with Crippen molar-refractivity contribution in [2.45, 2.75) is 13.8 Å². The van der Waals surface area contributed by atoms with E-state index >= 15 is 0 Å². The molecule has 0 amide bonds. The van der Waals surface area contributed by atoms with Crippen LogP contribution in [0.2, 0.25) is 0 Å². The molecule has 5 heteroatoms. The minimum Gasteiger partial charge on any atom is -0.466 e. The van der Waals surface area contributed by atoms with Crippen molar-refractivity contribution < 1.29 is 18.3 Å². The predicted octanol–water partition coefficient (Wildman–Crippen LogP) is 2.58. The first-order valence-electron chi connectivity index (χ1n) is 5.40. The number of anilines is 1. The maximum atomic E-state index is 13.2. The molecule has 0 bridgehead atoms. The molecule has 0 fully saturated rings. The summed E-state index contributed by atoms with van der Waals surface area (Å²) < 4.78 is 31.2. The van der Waals surface area contributed by atoms with Gasteiger partial charge in [0, 0.05) is 6.54 Å². The highest BCUT2D eigenvalue weighted by Gasteiger charge is 2.15. The van der Waals surface area contributed by atoms with Crippen LogP contribution in [-0.2, 0) is 9.53 Å². The zero-order chi connectivity index (χ0) is 12.8. The average molecular weight is 243 g/mol. The fourth-order valence-corrected chi connectivity index (χ4v) is 1.29. The lowest BCUT2D eigenvalue weighted by Crippen LogP contribution is -2.23. The van der Waals surface area contributed by atoms with Crippen LogP contribution in [-0.4, -0.2) is 19.1 Å². The van der Waals surface area contributed by atoms with Crippen molar-refractivity contribution in [1.82, 2.24) is 0 Å². The van der Waals surface area contributed by atoms with Crippen LogP contribution in [0.5, 0.6) is 0 Å². The molecular formula is C12H15F2NO2. The zero-order valence-electron chi connectivity index (χ0n) is 9.80. The summed E-state index contributed by atoms with van der Waals surface area (Å²) >= 11 is 0. The largest absolute Gasteiger partial charge is 0.466 e. The summed E-state index contributed by atoms with van der Waals surface area (Å²) in [5.74, 6) is -2.21. The highest BCUT2D eigenvalue weighted by Crippen LogP contribution is 2.18. The first kappa shape index (κ1) is 13.4. The molecule has 0 saturated heterocycles. The van der Waals surface area contributed by atoms with Gasteiger partial charge in [0.05, 0.1) is 12.5 Å². The highest BCUT2D eigenvalue weighted by molar-refractivity contribution is 5.72. The van der Waals surface area contributed by atoms with E-state index in [1.54, 1.807) is 13.8 Å². The molecule has 1 aromatic rings. The standard InChI is InChI=1S/C12H15F2NO2/c1-3-17-12(16)8(2)7-15-11-9(13)5-4-6-10(11)14/h4-6,8,15H,3,7H2,1-2H3. The van der Waals surface area contributed by atoms with Crippen LogP contribution in [0.15, 0.2) is 18.2 Å². The Morgan fingerprint density at radius 1 is 1.41 bits per heavy atom. The van der Waals surface area contributed by atoms with Crippen molar-refractivity contribution in [2.24, 2.45) is 5.92 Å². The van der Waals surface area contributed by atoms with Gasteiger partial charge in [0.15, 0.2) is 0 Å². The summed E-state index contributed by atoms with van der Waals surface area (Å²) in [5.41, 5.74) is -0.219. The number of nitrogens with one attached hydrogen (secondary N) is 1. The Balaban J connectivity index is 2.58. The van der Waals surface area contributed by atoms with E-state index in [1.165, 1.54) is 6.07 Å². The number of hydrogen-bond acceptors (Lipinski definition) is 3. The molecule has 0 aliphatic rings. The van der Waals surface area contributed by atoms with Gasteiger partial charge in [-0.2, -0.15) is 0 Å². The molecule has 1 N–H and O–H groups in total. The topological polar surface area (TPSA) is 38.3 Å². The summed E-state index contributed by atoms with van der Waals surface area (Å²) in [6.45, 7) is 3.74. The summed E-state index contributed by atoms with van der Waals surface area (Å²) in [4.78, 5) is 11.3. The highest BCUT2D eigenvalue weighted by atomic mass is 19.1. The third-order valence-electron chi connectivity index (χ3n) is 2.24. The van der Waals surface area contributed by atoms with Crippen molar-refractivity contribution in [3.05, 3.63) is 29.8 Å². The number of carbonyl (C=O) groups is 1. The second kappa shape index (κ2) is 6.18. The number of halogens is 2. The van der Waals surface area contributed by atoms with Crippen LogP contribution >= 0.6 is 0 Å². The van der Waals surface area contributed by atoms with Crippen LogP contribution in [0.3, 0.4) is 0 Å². The number of ether oxygens (including phenoxy) is 1. The molecule has 1 aromatic carbocycles. The Morgan fingerprint density at radius 3 is 2.53 bits per heavy atom. The van der Waals surface area contributed by atoms with Gasteiger partial charge in [-0.3, -0.25) is 4.79 Å². The second-order valence-corrected chi connectivity index (χ2v) is 3.63. The molecule has 1 unspecified atom stereocenters. The van der Waals surface area contributed by atoms with E-state index in [0.29, 0.717) is 0 Å². The lowest BCUT2D eigenvalue weighted by atomic mass is 10.2. The zero-order valence-corrected chi connectivity index (χ0v) is 9.80. The van der Waals surface area contributed by atoms with Gasteiger partial charge in [-0.15, -0.1) is 0 Å². The predicted molar refractivity (Wildman–Crippen MR) is 60.6 cm³/mol. The molecule has 1 rings (SSSR count). The van der Waals surface area contributed by atoms with Crippen molar-refractivity contribution in [1.29, 1.82) is 0 Å². The molecule has 0 aromatic heterocycles. The van der Waals surface area contributed by atoms with Gasteiger partial charge in [-0.05, 0) is 19.1 Å². The van der Waals surface area contributed by atoms with Gasteiger partial charge >= 0.3 is 5.97 Å². The van der Waals surface area contributed by atoms with Crippen molar-refractivity contribution in [3.63, 3.8) is 0 Å². The van der Waals surface area contributed by atoms with E-state index in [1.807, 2.05) is 0 Å². The third-order valence-corrected chi connectivity index (χ3v) is 2.24. The molecule has 0 aliphatic carbocycles. The maximum Gasteiger partial charge on any atom is 0.310 e. The van der Waals surface area contributed by atoms with E-state index in [0.717, 1.165) is 12.1 Å². The van der Waals surface area contributed by atoms with E-state index in [9.17, 15) is 13.6 Å². The molecule has 0 radical (unpaired) electrons. The third kappa shape index (κ3) is 3.69. The van der Waals surface area contributed by atoms with E-state index < -0.39 is 23.5 Å². The van der Waals surface area contributed by atoms with Crippen molar-refractivity contribution >= 4 is 11.7 Å². The van der Waals surface area contributed by atoms with Crippen LogP contribution in [0.25, 0.3) is 0 Å². The summed E-state index contributed by atoms with van der Waals surface area (Å²) in [5, 5.41) is 2.57. The normalized spacial score (nSPS) is 12.0. The number of rotatable bonds is 5. The SMILES string of the molecule is CCOC(=O)C(C)CNc1c(F)cccc1F. The van der Waals surface area contributed by atoms with Crippen molar-refractivity contribution in [3.8, 4) is 0 Å². The van der Waals surface area contributed by atoms with Gasteiger partial charge in [-0.25, -0.2) is 8.78 Å². The Hall–Kier alpha value is -1.65. The number of benzene rings is 1. The molecule has 0 saturated carbocycles. The Morgan fingerprint density at radius 2 is 2.00 bits per heavy atom. The van der Waals surface area contributed by atoms with Gasteiger partial charge < -0.3 is 10.1 Å². The number of para-hydroxylation sites is 1. The monoisotopic (exact) mass is 243 g/mol. The average Bonchev–Trinajstić information content (AvgIpc) is 2.28. The summed E-state index contributed by atoms with van der Waals surface area (Å²) in [6, 6.07) is 3.59. The van der Waals surface area contributed by atoms with E-state index in [-0.39, 0.29) is 18.8 Å². The van der Waals surface area contributed by atoms with Gasteiger partial charge in [-0.1, -0.05) is 13.0 Å². The molecule has 0 spiro atoms. The quantitative estimate of drug-likeness (QED) is 0.808. The first-order chi connectivity index (χ1) is 8.06. The Labute approximate surface area is 98.8 Å². The molecule has 0 heterocycles.